The van der Waals surface area contributed by atoms with Crippen molar-refractivity contribution in [2.75, 3.05) is 40.3 Å². The summed E-state index contributed by atoms with van der Waals surface area (Å²) in [6, 6.07) is 18.1. The van der Waals surface area contributed by atoms with E-state index in [0.29, 0.717) is 24.2 Å². The Morgan fingerprint density at radius 1 is 0.878 bits per heavy atom. The summed E-state index contributed by atoms with van der Waals surface area (Å²) in [5, 5.41) is 13.3. The number of benzene rings is 3. The Kier molecular flexibility index (Phi) is 16.6. The van der Waals surface area contributed by atoms with Crippen molar-refractivity contribution < 1.29 is 27.1 Å². The fourth-order valence-corrected chi connectivity index (χ4v) is 4.88. The number of carbonyl (C=O) groups excluding carboxylic acids is 1. The molecule has 3 rings (SSSR count). The van der Waals surface area contributed by atoms with Crippen LogP contribution < -0.4 is 10.6 Å². The van der Waals surface area contributed by atoms with E-state index >= 15 is 0 Å². The van der Waals surface area contributed by atoms with Gasteiger partial charge in [-0.2, -0.15) is 0 Å². The summed E-state index contributed by atoms with van der Waals surface area (Å²) in [6.45, 7) is 8.27. The molecule has 0 aromatic heterocycles. The smallest absolute Gasteiger partial charge is 0.251 e. The van der Waals surface area contributed by atoms with E-state index in [1.165, 1.54) is 46.7 Å². The highest BCUT2D eigenvalue weighted by Gasteiger charge is 2.19. The Labute approximate surface area is 243 Å². The summed E-state index contributed by atoms with van der Waals surface area (Å²) in [5.41, 5.74) is 3.76. The lowest BCUT2D eigenvalue weighted by Gasteiger charge is -2.15. The van der Waals surface area contributed by atoms with Crippen LogP contribution >= 0.6 is 0 Å². The van der Waals surface area contributed by atoms with Gasteiger partial charge in [-0.25, -0.2) is 21.5 Å². The predicted octanol–water partition coefficient (Wildman–Crippen LogP) is 4.72. The van der Waals surface area contributed by atoms with Crippen LogP contribution in [0.15, 0.2) is 71.6 Å². The molecule has 41 heavy (non-hydrogen) atoms. The van der Waals surface area contributed by atoms with Gasteiger partial charge < -0.3 is 15.7 Å². The van der Waals surface area contributed by atoms with Crippen LogP contribution in [0, 0.1) is 18.6 Å². The Bertz CT molecular complexity index is 1250. The second kappa shape index (κ2) is 19.0. The molecule has 1 amide bonds. The summed E-state index contributed by atoms with van der Waals surface area (Å²) >= 11 is 0. The number of nitrogens with one attached hydrogen (secondary N) is 2. The van der Waals surface area contributed by atoms with Crippen molar-refractivity contribution in [2.45, 2.75) is 44.9 Å². The summed E-state index contributed by atoms with van der Waals surface area (Å²) in [7, 11) is -0.958. The first-order valence-corrected chi connectivity index (χ1v) is 15.0. The molecule has 3 N–H and O–H groups in total. The highest BCUT2D eigenvalue weighted by molar-refractivity contribution is 7.89. The molecule has 0 aliphatic rings. The van der Waals surface area contributed by atoms with Gasteiger partial charge in [-0.05, 0) is 92.4 Å². The molecular formula is C31H43F2N3O4S. The van der Waals surface area contributed by atoms with E-state index < -0.39 is 21.7 Å². The summed E-state index contributed by atoms with van der Waals surface area (Å²) in [6.07, 6.45) is 2.87. The minimum atomic E-state index is -3.49. The zero-order valence-electron chi connectivity index (χ0n) is 24.6. The van der Waals surface area contributed by atoms with Crippen LogP contribution in [0.2, 0.25) is 0 Å². The number of amides is 1. The van der Waals surface area contributed by atoms with Crippen LogP contribution in [-0.2, 0) is 22.9 Å². The van der Waals surface area contributed by atoms with E-state index in [2.05, 4.69) is 41.8 Å². The number of sulfonamides is 1. The molecule has 0 spiro atoms. The molecule has 0 aliphatic heterocycles. The quantitative estimate of drug-likeness (QED) is 0.265. The Hall–Kier alpha value is -3.18. The largest absolute Gasteiger partial charge is 0.400 e. The van der Waals surface area contributed by atoms with Crippen LogP contribution in [0.3, 0.4) is 0 Å². The van der Waals surface area contributed by atoms with E-state index in [-0.39, 0.29) is 10.8 Å². The van der Waals surface area contributed by atoms with Crippen molar-refractivity contribution in [1.82, 2.24) is 14.9 Å². The average molecular weight is 592 g/mol. The van der Waals surface area contributed by atoms with E-state index in [4.69, 9.17) is 5.11 Å². The molecule has 0 aliphatic carbocycles. The third-order valence-electron chi connectivity index (χ3n) is 6.08. The molecule has 10 heteroatoms. The van der Waals surface area contributed by atoms with Gasteiger partial charge in [0.15, 0.2) is 0 Å². The van der Waals surface area contributed by atoms with Crippen molar-refractivity contribution in [3.8, 4) is 0 Å². The van der Waals surface area contributed by atoms with Gasteiger partial charge in [0.25, 0.3) is 5.91 Å². The number of aryl methyl sites for hydroxylation is 2. The van der Waals surface area contributed by atoms with Crippen LogP contribution in [0.4, 0.5) is 8.78 Å². The number of carbonyl (C=O) groups is 1. The molecule has 0 bridgehead atoms. The van der Waals surface area contributed by atoms with E-state index in [1.807, 2.05) is 0 Å². The average Bonchev–Trinajstić information content (AvgIpc) is 2.96. The predicted molar refractivity (Wildman–Crippen MR) is 161 cm³/mol. The topological polar surface area (TPSA) is 98.7 Å². The van der Waals surface area contributed by atoms with Crippen molar-refractivity contribution in [3.63, 3.8) is 0 Å². The molecule has 0 unspecified atom stereocenters. The molecule has 0 fully saturated rings. The molecule has 7 nitrogen and oxygen atoms in total. The highest BCUT2D eigenvalue weighted by Crippen LogP contribution is 2.15. The molecule has 3 aromatic carbocycles. The molecule has 0 saturated heterocycles. The van der Waals surface area contributed by atoms with E-state index in [9.17, 15) is 22.0 Å². The molecule has 3 aromatic rings. The van der Waals surface area contributed by atoms with Gasteiger partial charge in [-0.1, -0.05) is 38.1 Å². The maximum absolute atomic E-state index is 12.3. The van der Waals surface area contributed by atoms with Crippen molar-refractivity contribution >= 4 is 15.9 Å². The van der Waals surface area contributed by atoms with E-state index in [0.717, 1.165) is 45.5 Å². The lowest BCUT2D eigenvalue weighted by atomic mass is 10.1. The van der Waals surface area contributed by atoms with Gasteiger partial charge >= 0.3 is 0 Å². The lowest BCUT2D eigenvalue weighted by molar-refractivity contribution is 0.0953. The first-order chi connectivity index (χ1) is 19.6. The number of halogens is 2. The minimum absolute atomic E-state index is 0.192. The highest BCUT2D eigenvalue weighted by atomic mass is 32.2. The first kappa shape index (κ1) is 35.8. The Morgan fingerprint density at radius 3 is 2.05 bits per heavy atom. The molecular weight excluding hydrogens is 548 g/mol. The monoisotopic (exact) mass is 591 g/mol. The summed E-state index contributed by atoms with van der Waals surface area (Å²) < 4.78 is 50.2. The normalized spacial score (nSPS) is 10.8. The summed E-state index contributed by atoms with van der Waals surface area (Å²) in [5.74, 6) is -1.24. The SMILES string of the molecule is CCc1cccc(CCNCCCNC(=O)c2ccc(S(=O)(=O)N(C)CC)cc2)c1.CO.Cc1cc(F)cc(F)c1. The number of hydrogen-bond donors (Lipinski definition) is 3. The van der Waals surface area contributed by atoms with Gasteiger partial charge in [0, 0.05) is 38.9 Å². The molecule has 0 atom stereocenters. The van der Waals surface area contributed by atoms with Gasteiger partial charge in [0.1, 0.15) is 11.6 Å². The van der Waals surface area contributed by atoms with Crippen LogP contribution in [0.1, 0.15) is 47.3 Å². The zero-order valence-corrected chi connectivity index (χ0v) is 25.4. The lowest BCUT2D eigenvalue weighted by Crippen LogP contribution is -2.28. The Morgan fingerprint density at radius 2 is 1.49 bits per heavy atom. The number of rotatable bonds is 12. The fourth-order valence-electron chi connectivity index (χ4n) is 3.70. The summed E-state index contributed by atoms with van der Waals surface area (Å²) in [4.78, 5) is 12.4. The number of aliphatic hydroxyl groups excluding tert-OH is 1. The van der Waals surface area contributed by atoms with Gasteiger partial charge in [-0.3, -0.25) is 4.79 Å². The molecule has 0 heterocycles. The van der Waals surface area contributed by atoms with Crippen LogP contribution in [-0.4, -0.2) is 64.1 Å². The maximum atomic E-state index is 12.3. The van der Waals surface area contributed by atoms with E-state index in [1.54, 1.807) is 26.0 Å². The molecule has 0 saturated carbocycles. The number of aliphatic hydroxyl groups is 1. The number of nitrogens with zero attached hydrogens (tertiary/aromatic N) is 1. The third-order valence-corrected chi connectivity index (χ3v) is 8.03. The van der Waals surface area contributed by atoms with Crippen molar-refractivity contribution in [3.05, 3.63) is 101 Å². The molecule has 226 valence electrons. The van der Waals surface area contributed by atoms with Crippen molar-refractivity contribution in [1.29, 1.82) is 0 Å². The fraction of sp³-hybridized carbons (Fsp3) is 0.387. The van der Waals surface area contributed by atoms with Crippen LogP contribution in [0.25, 0.3) is 0 Å². The van der Waals surface area contributed by atoms with Crippen LogP contribution in [0.5, 0.6) is 0 Å². The van der Waals surface area contributed by atoms with Crippen molar-refractivity contribution in [2.24, 2.45) is 0 Å². The third kappa shape index (κ3) is 12.9. The standard InChI is InChI=1S/C23H33N3O3S.C7H6F2.CH4O/c1-4-19-8-6-9-20(18-19)14-17-24-15-7-16-25-23(27)21-10-12-22(13-11-21)30(28,29)26(3)5-2;1-5-2-6(8)4-7(9)3-5;1-2/h6,8-13,18,24H,4-5,7,14-17H2,1-3H3,(H,25,27);2-4H,1H3;2H,1H3. The minimum Gasteiger partial charge on any atom is -0.400 e. The van der Waals surface area contributed by atoms with Gasteiger partial charge in [-0.15, -0.1) is 0 Å². The molecule has 0 radical (unpaired) electrons. The second-order valence-corrected chi connectivity index (χ2v) is 11.2. The van der Waals surface area contributed by atoms with Gasteiger partial charge in [0.2, 0.25) is 10.0 Å². The first-order valence-electron chi connectivity index (χ1n) is 13.6. The van der Waals surface area contributed by atoms with Gasteiger partial charge in [0.05, 0.1) is 4.90 Å². The second-order valence-electron chi connectivity index (χ2n) is 9.17. The maximum Gasteiger partial charge on any atom is 0.251 e. The zero-order chi connectivity index (χ0) is 30.8. The Balaban J connectivity index is 0.000000641. The number of hydrogen-bond acceptors (Lipinski definition) is 5.